The SMILES string of the molecule is Cc1cc(N)cnc1N(CC(F)(F)F)C(C)C. The van der Waals surface area contributed by atoms with Crippen molar-refractivity contribution in [3.05, 3.63) is 17.8 Å². The van der Waals surface area contributed by atoms with Gasteiger partial charge in [0.25, 0.3) is 0 Å². The molecule has 3 nitrogen and oxygen atoms in total. The lowest BCUT2D eigenvalue weighted by Crippen LogP contribution is -2.40. The molecule has 6 heteroatoms. The Kier molecular flexibility index (Phi) is 3.85. The van der Waals surface area contributed by atoms with Crippen LogP contribution in [0.3, 0.4) is 0 Å². The van der Waals surface area contributed by atoms with E-state index in [0.29, 0.717) is 17.1 Å². The zero-order valence-corrected chi connectivity index (χ0v) is 10.0. The van der Waals surface area contributed by atoms with E-state index in [1.165, 1.54) is 11.1 Å². The van der Waals surface area contributed by atoms with Crippen LogP contribution in [-0.2, 0) is 0 Å². The van der Waals surface area contributed by atoms with Crippen molar-refractivity contribution >= 4 is 11.5 Å². The zero-order chi connectivity index (χ0) is 13.2. The summed E-state index contributed by atoms with van der Waals surface area (Å²) in [5, 5.41) is 0. The number of aromatic nitrogens is 1. The van der Waals surface area contributed by atoms with Crippen LogP contribution in [0.5, 0.6) is 0 Å². The standard InChI is InChI=1S/C11H16F3N3/c1-7(2)17(6-11(12,13)14)10-8(3)4-9(15)5-16-10/h4-5,7H,6,15H2,1-3H3. The number of pyridine rings is 1. The highest BCUT2D eigenvalue weighted by Crippen LogP contribution is 2.25. The molecule has 0 spiro atoms. The number of nitrogens with zero attached hydrogens (tertiary/aromatic N) is 2. The number of nitrogen functional groups attached to an aromatic ring is 1. The van der Waals surface area contributed by atoms with Crippen molar-refractivity contribution in [3.63, 3.8) is 0 Å². The minimum absolute atomic E-state index is 0.286. The Hall–Kier alpha value is -1.46. The smallest absolute Gasteiger partial charge is 0.397 e. The van der Waals surface area contributed by atoms with E-state index >= 15 is 0 Å². The summed E-state index contributed by atoms with van der Waals surface area (Å²) in [4.78, 5) is 5.20. The number of nitrogens with two attached hydrogens (primary N) is 1. The molecule has 0 aromatic carbocycles. The number of alkyl halides is 3. The van der Waals surface area contributed by atoms with E-state index in [9.17, 15) is 13.2 Å². The van der Waals surface area contributed by atoms with Gasteiger partial charge in [-0.3, -0.25) is 0 Å². The van der Waals surface area contributed by atoms with Crippen LogP contribution in [0.15, 0.2) is 12.3 Å². The molecule has 96 valence electrons. The minimum atomic E-state index is -4.25. The maximum atomic E-state index is 12.5. The molecule has 0 radical (unpaired) electrons. The lowest BCUT2D eigenvalue weighted by Gasteiger charge is -2.30. The van der Waals surface area contributed by atoms with Crippen molar-refractivity contribution in [2.45, 2.75) is 33.0 Å². The number of hydrogen-bond acceptors (Lipinski definition) is 3. The molecule has 0 unspecified atom stereocenters. The van der Waals surface area contributed by atoms with Gasteiger partial charge in [-0.2, -0.15) is 13.2 Å². The predicted octanol–water partition coefficient (Wildman–Crippen LogP) is 2.75. The van der Waals surface area contributed by atoms with Gasteiger partial charge in [0.2, 0.25) is 0 Å². The van der Waals surface area contributed by atoms with Crippen LogP contribution in [0.1, 0.15) is 19.4 Å². The van der Waals surface area contributed by atoms with Gasteiger partial charge in [-0.25, -0.2) is 4.98 Å². The lowest BCUT2D eigenvalue weighted by atomic mass is 10.2. The maximum absolute atomic E-state index is 12.5. The molecule has 0 aliphatic heterocycles. The van der Waals surface area contributed by atoms with Crippen molar-refractivity contribution in [1.29, 1.82) is 0 Å². The summed E-state index contributed by atoms with van der Waals surface area (Å²) < 4.78 is 37.4. The fourth-order valence-electron chi connectivity index (χ4n) is 1.59. The number of anilines is 2. The Labute approximate surface area is 98.4 Å². The molecule has 1 rings (SSSR count). The van der Waals surface area contributed by atoms with Crippen LogP contribution >= 0.6 is 0 Å². The second-order valence-electron chi connectivity index (χ2n) is 4.25. The average Bonchev–Trinajstić information content (AvgIpc) is 2.13. The molecule has 0 bridgehead atoms. The van der Waals surface area contributed by atoms with E-state index in [1.54, 1.807) is 26.8 Å². The van der Waals surface area contributed by atoms with E-state index < -0.39 is 12.7 Å². The maximum Gasteiger partial charge on any atom is 0.405 e. The zero-order valence-electron chi connectivity index (χ0n) is 10.0. The van der Waals surface area contributed by atoms with Crippen LogP contribution in [0.2, 0.25) is 0 Å². The molecular formula is C11H16F3N3. The molecule has 0 amide bonds. The second-order valence-corrected chi connectivity index (χ2v) is 4.25. The fraction of sp³-hybridized carbons (Fsp3) is 0.545. The number of halogens is 3. The van der Waals surface area contributed by atoms with Gasteiger partial charge >= 0.3 is 6.18 Å². The molecule has 0 aliphatic rings. The van der Waals surface area contributed by atoms with Crippen LogP contribution in [0.25, 0.3) is 0 Å². The first-order valence-electron chi connectivity index (χ1n) is 5.26. The van der Waals surface area contributed by atoms with Crippen LogP contribution in [0.4, 0.5) is 24.7 Å². The third-order valence-corrected chi connectivity index (χ3v) is 2.32. The molecule has 0 aliphatic carbocycles. The Morgan fingerprint density at radius 3 is 2.41 bits per heavy atom. The summed E-state index contributed by atoms with van der Waals surface area (Å²) in [5.74, 6) is 0.325. The molecule has 0 atom stereocenters. The van der Waals surface area contributed by atoms with Crippen LogP contribution in [0, 0.1) is 6.92 Å². The molecule has 2 N–H and O–H groups in total. The second kappa shape index (κ2) is 4.81. The monoisotopic (exact) mass is 247 g/mol. The largest absolute Gasteiger partial charge is 0.405 e. The Morgan fingerprint density at radius 1 is 1.41 bits per heavy atom. The Balaban J connectivity index is 3.06. The van der Waals surface area contributed by atoms with Crippen molar-refractivity contribution < 1.29 is 13.2 Å². The quantitative estimate of drug-likeness (QED) is 0.893. The molecule has 0 saturated heterocycles. The third kappa shape index (κ3) is 3.80. The first kappa shape index (κ1) is 13.6. The summed E-state index contributed by atoms with van der Waals surface area (Å²) in [6, 6.07) is 1.33. The highest BCUT2D eigenvalue weighted by Gasteiger charge is 2.33. The van der Waals surface area contributed by atoms with E-state index in [4.69, 9.17) is 5.73 Å². The molecule has 0 fully saturated rings. The summed E-state index contributed by atoms with van der Waals surface area (Å²) in [6.07, 6.45) is -2.88. The molecular weight excluding hydrogens is 231 g/mol. The molecule has 0 saturated carbocycles. The highest BCUT2D eigenvalue weighted by molar-refractivity contribution is 5.53. The van der Waals surface area contributed by atoms with Gasteiger partial charge in [-0.1, -0.05) is 0 Å². The number of hydrogen-bond donors (Lipinski definition) is 1. The average molecular weight is 247 g/mol. The predicted molar refractivity (Wildman–Crippen MR) is 61.9 cm³/mol. The fourth-order valence-corrected chi connectivity index (χ4v) is 1.59. The van der Waals surface area contributed by atoms with E-state index in [1.807, 2.05) is 0 Å². The summed E-state index contributed by atoms with van der Waals surface area (Å²) in [6.45, 7) is 4.08. The van der Waals surface area contributed by atoms with E-state index in [2.05, 4.69) is 4.98 Å². The summed E-state index contributed by atoms with van der Waals surface area (Å²) in [5.41, 5.74) is 6.62. The number of rotatable bonds is 3. The van der Waals surface area contributed by atoms with Crippen molar-refractivity contribution in [3.8, 4) is 0 Å². The molecule has 1 aromatic heterocycles. The normalized spacial score (nSPS) is 11.9. The van der Waals surface area contributed by atoms with Gasteiger partial charge in [0.1, 0.15) is 12.4 Å². The Bertz CT molecular complexity index is 388. The van der Waals surface area contributed by atoms with Crippen molar-refractivity contribution in [2.75, 3.05) is 17.2 Å². The molecule has 1 aromatic rings. The summed E-state index contributed by atoms with van der Waals surface area (Å²) >= 11 is 0. The third-order valence-electron chi connectivity index (χ3n) is 2.32. The summed E-state index contributed by atoms with van der Waals surface area (Å²) in [7, 11) is 0. The van der Waals surface area contributed by atoms with E-state index in [0.717, 1.165) is 0 Å². The Morgan fingerprint density at radius 2 is 2.00 bits per heavy atom. The van der Waals surface area contributed by atoms with Crippen LogP contribution in [-0.4, -0.2) is 23.7 Å². The van der Waals surface area contributed by atoms with Gasteiger partial charge in [-0.15, -0.1) is 0 Å². The number of aryl methyl sites for hydroxylation is 1. The first-order chi connectivity index (χ1) is 7.70. The highest BCUT2D eigenvalue weighted by atomic mass is 19.4. The topological polar surface area (TPSA) is 42.1 Å². The molecule has 1 heterocycles. The van der Waals surface area contributed by atoms with Gasteiger partial charge in [-0.05, 0) is 32.4 Å². The first-order valence-corrected chi connectivity index (χ1v) is 5.26. The minimum Gasteiger partial charge on any atom is -0.397 e. The van der Waals surface area contributed by atoms with Gasteiger partial charge < -0.3 is 10.6 Å². The van der Waals surface area contributed by atoms with Gasteiger partial charge in [0, 0.05) is 6.04 Å². The van der Waals surface area contributed by atoms with Crippen LogP contribution < -0.4 is 10.6 Å². The lowest BCUT2D eigenvalue weighted by molar-refractivity contribution is -0.120. The van der Waals surface area contributed by atoms with Gasteiger partial charge in [0.05, 0.1) is 11.9 Å². The van der Waals surface area contributed by atoms with Gasteiger partial charge in [0.15, 0.2) is 0 Å². The van der Waals surface area contributed by atoms with Crippen molar-refractivity contribution in [1.82, 2.24) is 4.98 Å². The molecule has 17 heavy (non-hydrogen) atoms. The van der Waals surface area contributed by atoms with Crippen molar-refractivity contribution in [2.24, 2.45) is 0 Å². The van der Waals surface area contributed by atoms with E-state index in [-0.39, 0.29) is 6.04 Å².